The summed E-state index contributed by atoms with van der Waals surface area (Å²) in [6.07, 6.45) is 0. The molecule has 0 aliphatic rings. The molecule has 0 aliphatic heterocycles. The lowest BCUT2D eigenvalue weighted by Crippen LogP contribution is -2.34. The van der Waals surface area contributed by atoms with Crippen molar-refractivity contribution in [1.29, 1.82) is 0 Å². The van der Waals surface area contributed by atoms with E-state index in [0.717, 1.165) is 6.04 Å². The molecule has 0 rings (SSSR count). The number of nitrogens with two attached hydrogens (primary N) is 1. The third-order valence-electron chi connectivity index (χ3n) is 2.19. The first-order valence-electron chi connectivity index (χ1n) is 5.29. The van der Waals surface area contributed by atoms with Crippen molar-refractivity contribution >= 4 is 21.6 Å². The van der Waals surface area contributed by atoms with Crippen LogP contribution in [0, 0.1) is 0 Å². The number of ether oxygens (including phenoxy) is 1. The Morgan fingerprint density at radius 3 is 2.12 bits per heavy atom. The van der Waals surface area contributed by atoms with E-state index in [2.05, 4.69) is 28.7 Å². The zero-order valence-corrected chi connectivity index (χ0v) is 13.0. The molecule has 102 valence electrons. The second-order valence-electron chi connectivity index (χ2n) is 4.83. The quantitative estimate of drug-likeness (QED) is 0.434. The summed E-state index contributed by atoms with van der Waals surface area (Å²) in [7, 11) is -2.51. The summed E-state index contributed by atoms with van der Waals surface area (Å²) in [6.45, 7) is 6.78. The number of esters is 1. The largest absolute Gasteiger partial charge is 0.464 e. The van der Waals surface area contributed by atoms with Crippen LogP contribution in [0.15, 0.2) is 0 Å². The van der Waals surface area contributed by atoms with Crippen LogP contribution in [0.4, 0.5) is 0 Å². The van der Waals surface area contributed by atoms with Crippen molar-refractivity contribution in [3.8, 4) is 0 Å². The number of hydrogen-bond donors (Lipinski definition) is 1. The maximum atomic E-state index is 11.8. The van der Waals surface area contributed by atoms with E-state index >= 15 is 0 Å². The van der Waals surface area contributed by atoms with Gasteiger partial charge in [-0.15, -0.1) is 0 Å². The van der Waals surface area contributed by atoms with E-state index in [1.54, 1.807) is 0 Å². The molecular weight excluding hydrogens is 261 g/mol. The second kappa shape index (κ2) is 6.66. The Morgan fingerprint density at radius 2 is 1.76 bits per heavy atom. The molecule has 17 heavy (non-hydrogen) atoms. The van der Waals surface area contributed by atoms with Gasteiger partial charge in [0.1, 0.15) is 0 Å². The maximum Gasteiger partial charge on any atom is 0.358 e. The summed E-state index contributed by atoms with van der Waals surface area (Å²) < 4.78 is 26.0. The molecule has 1 unspecified atom stereocenters. The molecule has 2 N–H and O–H groups in total. The van der Waals surface area contributed by atoms with Gasteiger partial charge >= 0.3 is 13.6 Å². The van der Waals surface area contributed by atoms with Gasteiger partial charge < -0.3 is 19.5 Å². The van der Waals surface area contributed by atoms with Crippen molar-refractivity contribution in [2.45, 2.75) is 31.5 Å². The van der Waals surface area contributed by atoms with E-state index < -0.39 is 27.4 Å². The van der Waals surface area contributed by atoms with Gasteiger partial charge in [0, 0.05) is 22.3 Å². The summed E-state index contributed by atoms with van der Waals surface area (Å²) in [5.74, 6) is -2.14. The highest BCUT2D eigenvalue weighted by Crippen LogP contribution is 2.49. The third-order valence-corrected chi connectivity index (χ3v) is 5.80. The van der Waals surface area contributed by atoms with Gasteiger partial charge in [-0.05, 0) is 6.04 Å². The molecule has 0 amide bonds. The summed E-state index contributed by atoms with van der Waals surface area (Å²) >= 11 is 0. The van der Waals surface area contributed by atoms with E-state index in [4.69, 9.17) is 10.5 Å². The molecule has 0 saturated carbocycles. The summed E-state index contributed by atoms with van der Waals surface area (Å²) in [6, 6.07) is 0.829. The lowest BCUT2D eigenvalue weighted by atomic mass is 10.7. The first kappa shape index (κ1) is 16.8. The predicted octanol–water partition coefficient (Wildman–Crippen LogP) is 1.64. The van der Waals surface area contributed by atoms with Crippen LogP contribution in [0.25, 0.3) is 0 Å². The Balaban J connectivity index is 4.29. The summed E-state index contributed by atoms with van der Waals surface area (Å²) in [4.78, 5) is 11.5. The summed E-state index contributed by atoms with van der Waals surface area (Å²) in [5.41, 5.74) is 5.49. The van der Waals surface area contributed by atoms with Crippen molar-refractivity contribution in [2.24, 2.45) is 5.73 Å². The standard InChI is InChI=1S/C9H22NO5PSi/c1-13-16(12,14-2)8(10)9(11)15-6-7-17(3,4)5/h8H,6-7,10H2,1-5H3. The zero-order chi connectivity index (χ0) is 13.7. The molecule has 0 heterocycles. The van der Waals surface area contributed by atoms with Gasteiger partial charge in [0.25, 0.3) is 0 Å². The van der Waals surface area contributed by atoms with Crippen LogP contribution in [-0.4, -0.2) is 40.7 Å². The van der Waals surface area contributed by atoms with E-state index in [0.29, 0.717) is 0 Å². The van der Waals surface area contributed by atoms with Gasteiger partial charge in [0.05, 0.1) is 6.61 Å². The van der Waals surface area contributed by atoms with E-state index in [-0.39, 0.29) is 6.61 Å². The molecular formula is C9H22NO5PSi. The van der Waals surface area contributed by atoms with Crippen LogP contribution in [-0.2, 0) is 23.1 Å². The molecule has 0 radical (unpaired) electrons. The minimum absolute atomic E-state index is 0.287. The van der Waals surface area contributed by atoms with Crippen LogP contribution < -0.4 is 5.73 Å². The number of carbonyl (C=O) groups excluding carboxylic acids is 1. The number of hydrogen-bond acceptors (Lipinski definition) is 6. The summed E-state index contributed by atoms with van der Waals surface area (Å²) in [5, 5.41) is 0. The monoisotopic (exact) mass is 283 g/mol. The van der Waals surface area contributed by atoms with E-state index in [9.17, 15) is 9.36 Å². The van der Waals surface area contributed by atoms with Crippen LogP contribution in [0.1, 0.15) is 0 Å². The Kier molecular flexibility index (Phi) is 6.58. The fourth-order valence-corrected chi connectivity index (χ4v) is 2.62. The molecule has 0 aromatic heterocycles. The topological polar surface area (TPSA) is 87.9 Å². The van der Waals surface area contributed by atoms with Gasteiger partial charge in [0.15, 0.2) is 0 Å². The Bertz CT molecular complexity index is 296. The molecule has 6 nitrogen and oxygen atoms in total. The van der Waals surface area contributed by atoms with Crippen LogP contribution >= 0.6 is 7.60 Å². The van der Waals surface area contributed by atoms with Gasteiger partial charge in [-0.1, -0.05) is 19.6 Å². The number of carbonyl (C=O) groups is 1. The first-order chi connectivity index (χ1) is 7.66. The third kappa shape index (κ3) is 5.79. The van der Waals surface area contributed by atoms with Crippen molar-refractivity contribution in [3.05, 3.63) is 0 Å². The van der Waals surface area contributed by atoms with Crippen LogP contribution in [0.2, 0.25) is 25.7 Å². The van der Waals surface area contributed by atoms with Crippen molar-refractivity contribution in [3.63, 3.8) is 0 Å². The molecule has 0 spiro atoms. The van der Waals surface area contributed by atoms with Gasteiger partial charge in [-0.3, -0.25) is 4.57 Å². The lowest BCUT2D eigenvalue weighted by molar-refractivity contribution is -0.142. The zero-order valence-electron chi connectivity index (χ0n) is 11.1. The van der Waals surface area contributed by atoms with Crippen LogP contribution in [0.3, 0.4) is 0 Å². The smallest absolute Gasteiger partial charge is 0.358 e. The molecule has 8 heteroatoms. The Labute approximate surface area is 103 Å². The minimum Gasteiger partial charge on any atom is -0.464 e. The van der Waals surface area contributed by atoms with Gasteiger partial charge in [-0.25, -0.2) is 4.79 Å². The molecule has 0 aromatic carbocycles. The van der Waals surface area contributed by atoms with Crippen molar-refractivity contribution < 1.29 is 23.1 Å². The number of rotatable bonds is 7. The second-order valence-corrected chi connectivity index (χ2v) is 12.8. The molecule has 0 saturated heterocycles. The lowest BCUT2D eigenvalue weighted by Gasteiger charge is -2.20. The van der Waals surface area contributed by atoms with E-state index in [1.165, 1.54) is 14.2 Å². The highest BCUT2D eigenvalue weighted by Gasteiger charge is 2.38. The molecule has 1 atom stereocenters. The molecule has 0 aromatic rings. The van der Waals surface area contributed by atoms with Gasteiger partial charge in [0.2, 0.25) is 5.78 Å². The van der Waals surface area contributed by atoms with Crippen molar-refractivity contribution in [2.75, 3.05) is 20.8 Å². The van der Waals surface area contributed by atoms with E-state index in [1.807, 2.05) is 0 Å². The normalized spacial score (nSPS) is 14.5. The minimum atomic E-state index is -3.59. The average molecular weight is 283 g/mol. The fraction of sp³-hybridized carbons (Fsp3) is 0.889. The highest BCUT2D eigenvalue weighted by molar-refractivity contribution is 7.55. The van der Waals surface area contributed by atoms with Crippen LogP contribution in [0.5, 0.6) is 0 Å². The Hall–Kier alpha value is -0.203. The highest BCUT2D eigenvalue weighted by atomic mass is 31.2. The fourth-order valence-electron chi connectivity index (χ4n) is 0.974. The first-order valence-corrected chi connectivity index (χ1v) is 10.6. The maximum absolute atomic E-state index is 11.8. The van der Waals surface area contributed by atoms with Gasteiger partial charge in [-0.2, -0.15) is 0 Å². The predicted molar refractivity (Wildman–Crippen MR) is 68.7 cm³/mol. The Morgan fingerprint density at radius 1 is 1.29 bits per heavy atom. The van der Waals surface area contributed by atoms with Crippen molar-refractivity contribution in [1.82, 2.24) is 0 Å². The molecule has 0 fully saturated rings. The molecule has 0 bridgehead atoms. The SMILES string of the molecule is COP(=O)(OC)C(N)C(=O)OCC[Si](C)(C)C. The average Bonchev–Trinajstić information content (AvgIpc) is 2.25. The molecule has 0 aliphatic carbocycles.